The monoisotopic (exact) mass is 239 g/mol. The highest BCUT2D eigenvalue weighted by atomic mass is 16.4. The second kappa shape index (κ2) is 4.48. The van der Waals surface area contributed by atoms with Crippen molar-refractivity contribution in [1.82, 2.24) is 25.1 Å². The van der Waals surface area contributed by atoms with Crippen LogP contribution in [0.5, 0.6) is 0 Å². The Bertz CT molecular complexity index is 414. The molecule has 1 atom stereocenters. The lowest BCUT2D eigenvalue weighted by molar-refractivity contribution is -0.150. The molecule has 0 radical (unpaired) electrons. The molecule has 1 aliphatic carbocycles. The molecule has 1 N–H and O–H groups in total. The molecule has 1 aliphatic rings. The van der Waals surface area contributed by atoms with Gasteiger partial charge in [-0.3, -0.25) is 4.79 Å². The van der Waals surface area contributed by atoms with E-state index >= 15 is 0 Å². The first kappa shape index (κ1) is 11.5. The predicted molar refractivity (Wildman–Crippen MR) is 54.8 cm³/mol. The molecule has 0 aromatic carbocycles. The lowest BCUT2D eigenvalue weighted by Gasteiger charge is -2.26. The number of hydrogen-bond donors (Lipinski definition) is 1. The van der Waals surface area contributed by atoms with Crippen molar-refractivity contribution in [1.29, 1.82) is 0 Å². The van der Waals surface area contributed by atoms with Crippen LogP contribution in [0.3, 0.4) is 0 Å². The van der Waals surface area contributed by atoms with Gasteiger partial charge in [0.15, 0.2) is 0 Å². The van der Waals surface area contributed by atoms with Crippen molar-refractivity contribution < 1.29 is 14.7 Å². The third-order valence-corrected chi connectivity index (χ3v) is 2.69. The molecule has 1 aromatic rings. The lowest BCUT2D eigenvalue weighted by Crippen LogP contribution is -2.46. The number of nitrogens with zero attached hydrogens (tertiary/aromatic N) is 5. The summed E-state index contributed by atoms with van der Waals surface area (Å²) in [5.41, 5.74) is 0. The molecule has 1 saturated carbocycles. The number of rotatable bonds is 5. The minimum absolute atomic E-state index is 0.0267. The molecule has 1 unspecified atom stereocenters. The van der Waals surface area contributed by atoms with Gasteiger partial charge in [-0.05, 0) is 30.2 Å². The lowest BCUT2D eigenvalue weighted by atomic mass is 10.2. The van der Waals surface area contributed by atoms with Crippen LogP contribution in [0.15, 0.2) is 6.33 Å². The van der Waals surface area contributed by atoms with E-state index in [1.165, 1.54) is 22.8 Å². The molecule has 1 amide bonds. The molecule has 17 heavy (non-hydrogen) atoms. The summed E-state index contributed by atoms with van der Waals surface area (Å²) in [7, 11) is 0. The minimum atomic E-state index is -0.998. The van der Waals surface area contributed by atoms with Gasteiger partial charge in [0.2, 0.25) is 5.91 Å². The quantitative estimate of drug-likeness (QED) is 0.717. The van der Waals surface area contributed by atoms with Crippen molar-refractivity contribution in [2.24, 2.45) is 0 Å². The maximum absolute atomic E-state index is 12.0. The number of aliphatic carboxylic acids is 1. The number of carboxylic acid groups (broad SMARTS) is 1. The van der Waals surface area contributed by atoms with Crippen molar-refractivity contribution >= 4 is 11.9 Å². The van der Waals surface area contributed by atoms with Gasteiger partial charge in [-0.2, -0.15) is 0 Å². The summed E-state index contributed by atoms with van der Waals surface area (Å²) in [5.74, 6) is -1.27. The van der Waals surface area contributed by atoms with Crippen molar-refractivity contribution in [3.8, 4) is 0 Å². The van der Waals surface area contributed by atoms with E-state index in [9.17, 15) is 9.59 Å². The average Bonchev–Trinajstić information content (AvgIpc) is 2.96. The van der Waals surface area contributed by atoms with Crippen LogP contribution in [-0.2, 0) is 16.1 Å². The van der Waals surface area contributed by atoms with Crippen LogP contribution in [0.1, 0.15) is 19.8 Å². The topological polar surface area (TPSA) is 101 Å². The third-order valence-electron chi connectivity index (χ3n) is 2.69. The van der Waals surface area contributed by atoms with Gasteiger partial charge in [0.25, 0.3) is 0 Å². The molecule has 0 spiro atoms. The van der Waals surface area contributed by atoms with E-state index in [0.29, 0.717) is 0 Å². The number of amides is 1. The maximum atomic E-state index is 12.0. The standard InChI is InChI=1S/C9H13N5O3/c1-6(9(16)17)14(7-2-3-7)8(15)4-13-5-10-11-12-13/h5-7H,2-4H2,1H3,(H,16,17). The van der Waals surface area contributed by atoms with Crippen molar-refractivity contribution in [2.75, 3.05) is 0 Å². The fourth-order valence-corrected chi connectivity index (χ4v) is 1.68. The largest absolute Gasteiger partial charge is 0.480 e. The first-order chi connectivity index (χ1) is 8.09. The van der Waals surface area contributed by atoms with Crippen LogP contribution >= 0.6 is 0 Å². The second-order valence-electron chi connectivity index (χ2n) is 4.05. The van der Waals surface area contributed by atoms with Crippen LogP contribution in [0.2, 0.25) is 0 Å². The minimum Gasteiger partial charge on any atom is -0.480 e. The number of carboxylic acids is 1. The van der Waals surface area contributed by atoms with E-state index in [1.807, 2.05) is 0 Å². The predicted octanol–water partition coefficient (Wildman–Crippen LogP) is -0.863. The molecule has 2 rings (SSSR count). The van der Waals surface area contributed by atoms with E-state index in [2.05, 4.69) is 15.5 Å². The molecule has 1 fully saturated rings. The highest BCUT2D eigenvalue weighted by Gasteiger charge is 2.38. The number of tetrazole rings is 1. The maximum Gasteiger partial charge on any atom is 0.326 e. The first-order valence-corrected chi connectivity index (χ1v) is 5.34. The number of carbonyl (C=O) groups is 2. The summed E-state index contributed by atoms with van der Waals surface area (Å²) in [6.07, 6.45) is 3.05. The van der Waals surface area contributed by atoms with Crippen LogP contribution in [0.4, 0.5) is 0 Å². The van der Waals surface area contributed by atoms with E-state index in [1.54, 1.807) is 0 Å². The SMILES string of the molecule is CC(C(=O)O)N(C(=O)Cn1cnnn1)C1CC1. The molecule has 92 valence electrons. The summed E-state index contributed by atoms with van der Waals surface area (Å²) in [4.78, 5) is 24.3. The first-order valence-electron chi connectivity index (χ1n) is 5.34. The highest BCUT2D eigenvalue weighted by Crippen LogP contribution is 2.29. The Morgan fingerprint density at radius 1 is 1.59 bits per heavy atom. The van der Waals surface area contributed by atoms with E-state index in [0.717, 1.165) is 12.8 Å². The van der Waals surface area contributed by atoms with Crippen LogP contribution in [0.25, 0.3) is 0 Å². The highest BCUT2D eigenvalue weighted by molar-refractivity contribution is 5.83. The molecule has 8 heteroatoms. The Morgan fingerprint density at radius 2 is 2.29 bits per heavy atom. The van der Waals surface area contributed by atoms with Crippen LogP contribution in [0, 0.1) is 0 Å². The molecular formula is C9H13N5O3. The molecule has 8 nitrogen and oxygen atoms in total. The summed E-state index contributed by atoms with van der Waals surface area (Å²) < 4.78 is 1.28. The van der Waals surface area contributed by atoms with Crippen molar-refractivity contribution in [3.05, 3.63) is 6.33 Å². The smallest absolute Gasteiger partial charge is 0.326 e. The van der Waals surface area contributed by atoms with Crippen molar-refractivity contribution in [2.45, 2.75) is 38.4 Å². The van der Waals surface area contributed by atoms with Gasteiger partial charge in [0, 0.05) is 6.04 Å². The molecule has 0 aliphatic heterocycles. The normalized spacial score (nSPS) is 16.5. The van der Waals surface area contributed by atoms with E-state index in [-0.39, 0.29) is 18.5 Å². The Kier molecular flexibility index (Phi) is 3.03. The Balaban J connectivity index is 2.05. The fraction of sp³-hybridized carbons (Fsp3) is 0.667. The van der Waals surface area contributed by atoms with Crippen LogP contribution < -0.4 is 0 Å². The Hall–Kier alpha value is -1.99. The zero-order valence-corrected chi connectivity index (χ0v) is 9.35. The summed E-state index contributed by atoms with van der Waals surface area (Å²) in [5, 5.41) is 19.4. The molecular weight excluding hydrogens is 226 g/mol. The summed E-state index contributed by atoms with van der Waals surface area (Å²) >= 11 is 0. The molecule has 1 aromatic heterocycles. The van der Waals surface area contributed by atoms with E-state index in [4.69, 9.17) is 5.11 Å². The molecule has 0 bridgehead atoms. The molecule has 0 saturated heterocycles. The van der Waals surface area contributed by atoms with Gasteiger partial charge >= 0.3 is 5.97 Å². The molecule has 1 heterocycles. The number of carbonyl (C=O) groups excluding carboxylic acids is 1. The second-order valence-corrected chi connectivity index (χ2v) is 4.05. The summed E-state index contributed by atoms with van der Waals surface area (Å²) in [6, 6.07) is -0.767. The van der Waals surface area contributed by atoms with Crippen molar-refractivity contribution in [3.63, 3.8) is 0 Å². The van der Waals surface area contributed by atoms with Gasteiger partial charge in [-0.1, -0.05) is 0 Å². The van der Waals surface area contributed by atoms with Crippen LogP contribution in [-0.4, -0.2) is 54.2 Å². The zero-order valence-electron chi connectivity index (χ0n) is 9.35. The van der Waals surface area contributed by atoms with Gasteiger partial charge < -0.3 is 10.0 Å². The average molecular weight is 239 g/mol. The summed E-state index contributed by atoms with van der Waals surface area (Å²) in [6.45, 7) is 1.49. The Morgan fingerprint density at radius 3 is 2.76 bits per heavy atom. The van der Waals surface area contributed by atoms with Gasteiger partial charge in [-0.15, -0.1) is 5.10 Å². The Labute approximate surface area is 97.2 Å². The fourth-order valence-electron chi connectivity index (χ4n) is 1.68. The number of aromatic nitrogens is 4. The zero-order chi connectivity index (χ0) is 12.4. The number of hydrogen-bond acceptors (Lipinski definition) is 5. The third kappa shape index (κ3) is 2.58. The van der Waals surface area contributed by atoms with Gasteiger partial charge in [0.05, 0.1) is 0 Å². The van der Waals surface area contributed by atoms with E-state index < -0.39 is 12.0 Å². The van der Waals surface area contributed by atoms with Gasteiger partial charge in [-0.25, -0.2) is 9.48 Å². The van der Waals surface area contributed by atoms with Gasteiger partial charge in [0.1, 0.15) is 18.9 Å².